The van der Waals surface area contributed by atoms with Gasteiger partial charge < -0.3 is 4.74 Å². The molecule has 1 aromatic heterocycles. The highest BCUT2D eigenvalue weighted by atomic mass is 16.5. The number of imidazole rings is 1. The van der Waals surface area contributed by atoms with Gasteiger partial charge in [-0.1, -0.05) is 57.5 Å². The summed E-state index contributed by atoms with van der Waals surface area (Å²) in [7, 11) is 0. The van der Waals surface area contributed by atoms with Crippen LogP contribution in [-0.2, 0) is 18.0 Å². The van der Waals surface area contributed by atoms with Gasteiger partial charge in [0.05, 0.1) is 6.10 Å². The van der Waals surface area contributed by atoms with Crippen molar-refractivity contribution in [3.05, 3.63) is 54.6 Å². The normalized spacial score (nSPS) is 24.4. The van der Waals surface area contributed by atoms with Crippen LogP contribution >= 0.6 is 0 Å². The molecule has 1 aliphatic carbocycles. The third-order valence-electron chi connectivity index (χ3n) is 5.35. The van der Waals surface area contributed by atoms with E-state index in [-0.39, 0.29) is 0 Å². The molecule has 1 heterocycles. The van der Waals surface area contributed by atoms with Gasteiger partial charge in [0.2, 0.25) is 6.33 Å². The second kappa shape index (κ2) is 7.98. The molecule has 2 aromatic rings. The summed E-state index contributed by atoms with van der Waals surface area (Å²) in [5.74, 6) is 2.20. The van der Waals surface area contributed by atoms with Crippen LogP contribution < -0.4 is 4.57 Å². The zero-order valence-electron chi connectivity index (χ0n) is 15.3. The van der Waals surface area contributed by atoms with E-state index in [4.69, 9.17) is 4.74 Å². The fourth-order valence-corrected chi connectivity index (χ4v) is 3.89. The van der Waals surface area contributed by atoms with Crippen LogP contribution in [0, 0.1) is 17.8 Å². The van der Waals surface area contributed by atoms with E-state index < -0.39 is 0 Å². The van der Waals surface area contributed by atoms with Gasteiger partial charge in [-0.25, -0.2) is 9.13 Å². The van der Waals surface area contributed by atoms with E-state index in [9.17, 15) is 0 Å². The molecule has 1 fully saturated rings. The fourth-order valence-electron chi connectivity index (χ4n) is 3.89. The molecule has 1 saturated carbocycles. The molecule has 3 nitrogen and oxygen atoms in total. The van der Waals surface area contributed by atoms with E-state index in [1.165, 1.54) is 24.8 Å². The van der Waals surface area contributed by atoms with Crippen LogP contribution in [0.15, 0.2) is 49.1 Å². The monoisotopic (exact) mass is 327 g/mol. The van der Waals surface area contributed by atoms with Crippen LogP contribution in [0.2, 0.25) is 0 Å². The second-order valence-electron chi connectivity index (χ2n) is 7.75. The first-order chi connectivity index (χ1) is 11.6. The molecule has 3 rings (SSSR count). The van der Waals surface area contributed by atoms with Crippen LogP contribution in [0.3, 0.4) is 0 Å². The smallest absolute Gasteiger partial charge is 0.245 e. The lowest BCUT2D eigenvalue weighted by Crippen LogP contribution is -2.35. The molecule has 0 amide bonds. The zero-order valence-corrected chi connectivity index (χ0v) is 15.3. The third kappa shape index (κ3) is 4.47. The van der Waals surface area contributed by atoms with Gasteiger partial charge in [-0.2, -0.15) is 0 Å². The summed E-state index contributed by atoms with van der Waals surface area (Å²) in [5.41, 5.74) is 1.32. The lowest BCUT2D eigenvalue weighted by atomic mass is 9.75. The molecular weight excluding hydrogens is 296 g/mol. The number of hydrogen-bond donors (Lipinski definition) is 0. The van der Waals surface area contributed by atoms with Gasteiger partial charge in [0.25, 0.3) is 0 Å². The molecule has 0 spiro atoms. The first-order valence-corrected chi connectivity index (χ1v) is 9.32. The molecule has 0 aliphatic heterocycles. The minimum Gasteiger partial charge on any atom is -0.338 e. The molecule has 1 aliphatic rings. The van der Waals surface area contributed by atoms with Crippen LogP contribution in [0.25, 0.3) is 0 Å². The molecular formula is C21H31N2O+. The Morgan fingerprint density at radius 2 is 2.00 bits per heavy atom. The first-order valence-electron chi connectivity index (χ1n) is 9.32. The Labute approximate surface area is 146 Å². The van der Waals surface area contributed by atoms with Crippen molar-refractivity contribution in [3.8, 4) is 0 Å². The molecule has 3 heteroatoms. The van der Waals surface area contributed by atoms with Crippen molar-refractivity contribution in [2.75, 3.05) is 0 Å². The molecule has 0 radical (unpaired) electrons. The highest BCUT2D eigenvalue weighted by Gasteiger charge is 2.31. The van der Waals surface area contributed by atoms with E-state index in [1.807, 2.05) is 0 Å². The van der Waals surface area contributed by atoms with Crippen molar-refractivity contribution in [1.82, 2.24) is 4.57 Å². The minimum atomic E-state index is 0.402. The van der Waals surface area contributed by atoms with E-state index in [1.54, 1.807) is 0 Å². The number of rotatable bonds is 6. The maximum atomic E-state index is 6.33. The van der Waals surface area contributed by atoms with Gasteiger partial charge in [-0.05, 0) is 36.2 Å². The Morgan fingerprint density at radius 1 is 1.21 bits per heavy atom. The maximum Gasteiger partial charge on any atom is 0.245 e. The van der Waals surface area contributed by atoms with E-state index in [0.717, 1.165) is 12.5 Å². The van der Waals surface area contributed by atoms with Crippen molar-refractivity contribution in [2.24, 2.45) is 17.8 Å². The van der Waals surface area contributed by atoms with Gasteiger partial charge in [-0.3, -0.25) is 0 Å². The molecule has 0 N–H and O–H groups in total. The average molecular weight is 327 g/mol. The van der Waals surface area contributed by atoms with E-state index in [2.05, 4.69) is 79.0 Å². The third-order valence-corrected chi connectivity index (χ3v) is 5.35. The molecule has 3 atom stereocenters. The molecule has 24 heavy (non-hydrogen) atoms. The number of benzene rings is 1. The SMILES string of the molecule is CC(C)[C@@H]1CC[C@@H](C)C[C@H]1OCn1cc[n+](Cc2ccccc2)c1. The summed E-state index contributed by atoms with van der Waals surface area (Å²) in [6.45, 7) is 8.59. The predicted octanol–water partition coefficient (Wildman–Crippen LogP) is 4.26. The predicted molar refractivity (Wildman–Crippen MR) is 96.4 cm³/mol. The summed E-state index contributed by atoms with van der Waals surface area (Å²) in [4.78, 5) is 0. The molecule has 1 aromatic carbocycles. The molecule has 0 saturated heterocycles. The first kappa shape index (κ1) is 17.2. The van der Waals surface area contributed by atoms with Crippen molar-refractivity contribution in [2.45, 2.75) is 59.4 Å². The maximum absolute atomic E-state index is 6.33. The summed E-state index contributed by atoms with van der Waals surface area (Å²) in [6.07, 6.45) is 10.6. The highest BCUT2D eigenvalue weighted by molar-refractivity contribution is 5.13. The lowest BCUT2D eigenvalue weighted by Gasteiger charge is -2.36. The molecule has 0 bridgehead atoms. The number of hydrogen-bond acceptors (Lipinski definition) is 1. The van der Waals surface area contributed by atoms with Crippen molar-refractivity contribution in [1.29, 1.82) is 0 Å². The second-order valence-corrected chi connectivity index (χ2v) is 7.75. The van der Waals surface area contributed by atoms with Gasteiger partial charge >= 0.3 is 0 Å². The van der Waals surface area contributed by atoms with Crippen molar-refractivity contribution in [3.63, 3.8) is 0 Å². The average Bonchev–Trinajstić information content (AvgIpc) is 3.01. The van der Waals surface area contributed by atoms with E-state index in [0.29, 0.717) is 24.7 Å². The lowest BCUT2D eigenvalue weighted by molar-refractivity contribution is -0.688. The van der Waals surface area contributed by atoms with Crippen molar-refractivity contribution < 1.29 is 9.30 Å². The fraction of sp³-hybridized carbons (Fsp3) is 0.571. The van der Waals surface area contributed by atoms with Gasteiger partial charge in [-0.15, -0.1) is 0 Å². The van der Waals surface area contributed by atoms with Gasteiger partial charge in [0, 0.05) is 0 Å². The summed E-state index contributed by atoms with van der Waals surface area (Å²) in [6, 6.07) is 10.6. The Morgan fingerprint density at radius 3 is 2.75 bits per heavy atom. The summed E-state index contributed by atoms with van der Waals surface area (Å²) in [5, 5.41) is 0. The minimum absolute atomic E-state index is 0.402. The van der Waals surface area contributed by atoms with Gasteiger partial charge in [0.15, 0.2) is 6.73 Å². The molecule has 0 unspecified atom stereocenters. The quantitative estimate of drug-likeness (QED) is 0.725. The van der Waals surface area contributed by atoms with Crippen LogP contribution in [0.5, 0.6) is 0 Å². The number of nitrogens with zero attached hydrogens (tertiary/aromatic N) is 2. The standard InChI is InChI=1S/C21H31N2O/c1-17(2)20-10-9-18(3)13-21(20)24-16-23-12-11-22(15-23)14-19-7-5-4-6-8-19/h4-8,11-12,15,17-18,20-21H,9-10,13-14,16H2,1-3H3/q+1/t18-,20+,21-/m1/s1. The Balaban J connectivity index is 1.56. The van der Waals surface area contributed by atoms with Gasteiger partial charge in [0.1, 0.15) is 18.9 Å². The largest absolute Gasteiger partial charge is 0.338 e. The van der Waals surface area contributed by atoms with Crippen LogP contribution in [-0.4, -0.2) is 10.7 Å². The van der Waals surface area contributed by atoms with Crippen LogP contribution in [0.4, 0.5) is 0 Å². The topological polar surface area (TPSA) is 18.0 Å². The Bertz CT molecular complexity index is 620. The number of ether oxygens (including phenoxy) is 1. The summed E-state index contributed by atoms with van der Waals surface area (Å²) >= 11 is 0. The van der Waals surface area contributed by atoms with Crippen LogP contribution in [0.1, 0.15) is 45.6 Å². The van der Waals surface area contributed by atoms with E-state index >= 15 is 0 Å². The zero-order chi connectivity index (χ0) is 16.9. The van der Waals surface area contributed by atoms with Crippen molar-refractivity contribution >= 4 is 0 Å². The highest BCUT2D eigenvalue weighted by Crippen LogP contribution is 2.35. The number of aromatic nitrogens is 2. The molecule has 130 valence electrons. The summed E-state index contributed by atoms with van der Waals surface area (Å²) < 4.78 is 10.7. The Hall–Kier alpha value is -1.61. The Kier molecular flexibility index (Phi) is 5.72.